The summed E-state index contributed by atoms with van der Waals surface area (Å²) in [6.45, 7) is 5.31. The maximum absolute atomic E-state index is 4.33. The van der Waals surface area contributed by atoms with Gasteiger partial charge in [0.1, 0.15) is 0 Å². The lowest BCUT2D eigenvalue weighted by molar-refractivity contribution is 0.454. The minimum absolute atomic E-state index is 0.524. The molecule has 0 amide bonds. The molecule has 3 heteroatoms. The largest absolute Gasteiger partial charge is 0.316 e. The third-order valence-corrected chi connectivity index (χ3v) is 2.19. The predicted octanol–water partition coefficient (Wildman–Crippen LogP) is 1.96. The van der Waals surface area contributed by atoms with Gasteiger partial charge in [-0.1, -0.05) is 13.3 Å². The number of hydrogen-bond donors (Lipinski definition) is 1. The Morgan fingerprint density at radius 2 is 2.38 bits per heavy atom. The first-order chi connectivity index (χ1) is 6.27. The summed E-state index contributed by atoms with van der Waals surface area (Å²) in [5, 5.41) is 7.44. The molecule has 1 unspecified atom stereocenters. The Balaban J connectivity index is 2.56. The number of nitrogens with zero attached hydrogens (tertiary/aromatic N) is 2. The molecular formula is C10H19N3. The minimum Gasteiger partial charge on any atom is -0.316 e. The van der Waals surface area contributed by atoms with Crippen LogP contribution in [0.4, 0.5) is 0 Å². The van der Waals surface area contributed by atoms with Crippen LogP contribution in [0.15, 0.2) is 12.4 Å². The fourth-order valence-corrected chi connectivity index (χ4v) is 1.46. The van der Waals surface area contributed by atoms with E-state index in [1.165, 1.54) is 18.4 Å². The van der Waals surface area contributed by atoms with Gasteiger partial charge in [0.2, 0.25) is 0 Å². The quantitative estimate of drug-likeness (QED) is 0.752. The third kappa shape index (κ3) is 2.84. The zero-order chi connectivity index (χ0) is 9.68. The van der Waals surface area contributed by atoms with Crippen LogP contribution in [-0.2, 0) is 6.54 Å². The van der Waals surface area contributed by atoms with Crippen molar-refractivity contribution in [3.05, 3.63) is 18.0 Å². The number of aromatic nitrogens is 2. The lowest BCUT2D eigenvalue weighted by atomic mass is 10.2. The van der Waals surface area contributed by atoms with Crippen LogP contribution in [0.1, 0.15) is 38.3 Å². The number of nitrogens with one attached hydrogen (secondary N) is 1. The van der Waals surface area contributed by atoms with Crippen LogP contribution < -0.4 is 5.32 Å². The van der Waals surface area contributed by atoms with Gasteiger partial charge in [-0.25, -0.2) is 0 Å². The molecular weight excluding hydrogens is 162 g/mol. The number of rotatable bonds is 5. The molecule has 1 heterocycles. The van der Waals surface area contributed by atoms with Crippen LogP contribution in [0, 0.1) is 0 Å². The Morgan fingerprint density at radius 1 is 1.62 bits per heavy atom. The molecule has 0 saturated carbocycles. The van der Waals surface area contributed by atoms with Crippen molar-refractivity contribution in [1.29, 1.82) is 0 Å². The molecule has 3 nitrogen and oxygen atoms in total. The van der Waals surface area contributed by atoms with Gasteiger partial charge in [-0.05, 0) is 20.4 Å². The summed E-state index contributed by atoms with van der Waals surface area (Å²) >= 11 is 0. The van der Waals surface area contributed by atoms with Crippen LogP contribution in [-0.4, -0.2) is 16.8 Å². The molecule has 74 valence electrons. The first-order valence-electron chi connectivity index (χ1n) is 4.95. The van der Waals surface area contributed by atoms with E-state index in [0.717, 1.165) is 6.54 Å². The summed E-state index contributed by atoms with van der Waals surface area (Å²) in [5.41, 5.74) is 1.26. The van der Waals surface area contributed by atoms with Crippen LogP contribution in [0.3, 0.4) is 0 Å². The molecule has 0 spiro atoms. The normalized spacial score (nSPS) is 13.2. The SMILES string of the molecule is CCCC(C)n1cc(CNC)cn1. The van der Waals surface area contributed by atoms with Crippen LogP contribution in [0.2, 0.25) is 0 Å². The van der Waals surface area contributed by atoms with E-state index in [0.29, 0.717) is 6.04 Å². The predicted molar refractivity (Wildman–Crippen MR) is 54.6 cm³/mol. The molecule has 13 heavy (non-hydrogen) atoms. The van der Waals surface area contributed by atoms with E-state index in [1.54, 1.807) is 0 Å². The van der Waals surface area contributed by atoms with E-state index in [2.05, 4.69) is 35.1 Å². The highest BCUT2D eigenvalue weighted by atomic mass is 15.3. The van der Waals surface area contributed by atoms with Crippen molar-refractivity contribution in [2.45, 2.75) is 39.3 Å². The molecule has 1 N–H and O–H groups in total. The summed E-state index contributed by atoms with van der Waals surface area (Å²) in [5.74, 6) is 0. The fourth-order valence-electron chi connectivity index (χ4n) is 1.46. The highest BCUT2D eigenvalue weighted by molar-refractivity contribution is 5.03. The van der Waals surface area contributed by atoms with Gasteiger partial charge in [0.05, 0.1) is 6.20 Å². The molecule has 0 aromatic carbocycles. The van der Waals surface area contributed by atoms with Gasteiger partial charge in [0.15, 0.2) is 0 Å². The van der Waals surface area contributed by atoms with Gasteiger partial charge in [0, 0.05) is 24.3 Å². The summed E-state index contributed by atoms with van der Waals surface area (Å²) in [7, 11) is 1.95. The average molecular weight is 181 g/mol. The first kappa shape index (κ1) is 10.3. The Morgan fingerprint density at radius 3 is 3.00 bits per heavy atom. The zero-order valence-electron chi connectivity index (χ0n) is 8.75. The summed E-state index contributed by atoms with van der Waals surface area (Å²) in [6, 6.07) is 0.524. The van der Waals surface area contributed by atoms with Crippen LogP contribution in [0.5, 0.6) is 0 Å². The van der Waals surface area contributed by atoms with Crippen molar-refractivity contribution in [1.82, 2.24) is 15.1 Å². The van der Waals surface area contributed by atoms with E-state index in [1.807, 2.05) is 13.2 Å². The molecule has 0 fully saturated rings. The van der Waals surface area contributed by atoms with Crippen molar-refractivity contribution in [2.75, 3.05) is 7.05 Å². The monoisotopic (exact) mass is 181 g/mol. The van der Waals surface area contributed by atoms with Gasteiger partial charge >= 0.3 is 0 Å². The van der Waals surface area contributed by atoms with Crippen LogP contribution in [0.25, 0.3) is 0 Å². The Hall–Kier alpha value is -0.830. The van der Waals surface area contributed by atoms with Crippen LogP contribution >= 0.6 is 0 Å². The van der Waals surface area contributed by atoms with E-state index >= 15 is 0 Å². The third-order valence-electron chi connectivity index (χ3n) is 2.19. The Kier molecular flexibility index (Phi) is 3.96. The minimum atomic E-state index is 0.524. The summed E-state index contributed by atoms with van der Waals surface area (Å²) in [6.07, 6.45) is 6.46. The first-order valence-corrected chi connectivity index (χ1v) is 4.95. The maximum Gasteiger partial charge on any atom is 0.0534 e. The maximum atomic E-state index is 4.33. The second kappa shape index (κ2) is 5.02. The molecule has 1 aromatic heterocycles. The molecule has 0 saturated heterocycles. The fraction of sp³-hybridized carbons (Fsp3) is 0.700. The molecule has 1 aromatic rings. The summed E-state index contributed by atoms with van der Waals surface area (Å²) in [4.78, 5) is 0. The molecule has 0 aliphatic heterocycles. The highest BCUT2D eigenvalue weighted by Gasteiger charge is 2.04. The van der Waals surface area contributed by atoms with Crippen molar-refractivity contribution < 1.29 is 0 Å². The standard InChI is InChI=1S/C10H19N3/c1-4-5-9(2)13-8-10(6-11-3)7-12-13/h7-9,11H,4-6H2,1-3H3. The number of hydrogen-bond acceptors (Lipinski definition) is 2. The van der Waals surface area contributed by atoms with Crippen molar-refractivity contribution in [3.63, 3.8) is 0 Å². The summed E-state index contributed by atoms with van der Waals surface area (Å²) < 4.78 is 2.05. The van der Waals surface area contributed by atoms with E-state index in [-0.39, 0.29) is 0 Å². The molecule has 0 aliphatic rings. The van der Waals surface area contributed by atoms with Gasteiger partial charge in [-0.15, -0.1) is 0 Å². The van der Waals surface area contributed by atoms with Crippen molar-refractivity contribution in [3.8, 4) is 0 Å². The molecule has 1 atom stereocenters. The molecule has 1 rings (SSSR count). The van der Waals surface area contributed by atoms with Gasteiger partial charge < -0.3 is 5.32 Å². The van der Waals surface area contributed by atoms with E-state index in [9.17, 15) is 0 Å². The van der Waals surface area contributed by atoms with E-state index < -0.39 is 0 Å². The second-order valence-corrected chi connectivity index (χ2v) is 3.50. The lowest BCUT2D eigenvalue weighted by Crippen LogP contribution is -2.06. The topological polar surface area (TPSA) is 29.9 Å². The highest BCUT2D eigenvalue weighted by Crippen LogP contribution is 2.12. The second-order valence-electron chi connectivity index (χ2n) is 3.50. The zero-order valence-corrected chi connectivity index (χ0v) is 8.75. The average Bonchev–Trinajstić information content (AvgIpc) is 2.54. The smallest absolute Gasteiger partial charge is 0.0534 e. The Labute approximate surface area is 80.1 Å². The lowest BCUT2D eigenvalue weighted by Gasteiger charge is -2.09. The van der Waals surface area contributed by atoms with Gasteiger partial charge in [-0.2, -0.15) is 5.10 Å². The van der Waals surface area contributed by atoms with Gasteiger partial charge in [-0.3, -0.25) is 4.68 Å². The molecule has 0 bridgehead atoms. The van der Waals surface area contributed by atoms with Crippen molar-refractivity contribution in [2.24, 2.45) is 0 Å². The van der Waals surface area contributed by atoms with E-state index in [4.69, 9.17) is 0 Å². The van der Waals surface area contributed by atoms with Crippen molar-refractivity contribution >= 4 is 0 Å². The molecule has 0 radical (unpaired) electrons. The molecule has 0 aliphatic carbocycles. The van der Waals surface area contributed by atoms with Gasteiger partial charge in [0.25, 0.3) is 0 Å². The Bertz CT molecular complexity index is 242.